The van der Waals surface area contributed by atoms with E-state index in [1.165, 1.54) is 5.56 Å². The van der Waals surface area contributed by atoms with Crippen molar-refractivity contribution in [1.82, 2.24) is 29.9 Å². The van der Waals surface area contributed by atoms with Gasteiger partial charge in [0.1, 0.15) is 5.82 Å². The number of nitrogens with one attached hydrogen (secondary N) is 1. The molecule has 1 saturated heterocycles. The zero-order chi connectivity index (χ0) is 24.7. The van der Waals surface area contributed by atoms with E-state index < -0.39 is 0 Å². The first kappa shape index (κ1) is 24.1. The van der Waals surface area contributed by atoms with Crippen molar-refractivity contribution in [2.75, 3.05) is 13.1 Å². The third-order valence-electron chi connectivity index (χ3n) is 6.46. The van der Waals surface area contributed by atoms with Crippen molar-refractivity contribution >= 4 is 17.1 Å². The first-order valence-corrected chi connectivity index (χ1v) is 12.1. The van der Waals surface area contributed by atoms with Gasteiger partial charge in [-0.05, 0) is 34.8 Å². The number of amides is 1. The summed E-state index contributed by atoms with van der Waals surface area (Å²) in [7, 11) is 0. The van der Waals surface area contributed by atoms with Gasteiger partial charge >= 0.3 is 0 Å². The molecule has 0 unspecified atom stereocenters. The highest BCUT2D eigenvalue weighted by Crippen LogP contribution is 2.28. The van der Waals surface area contributed by atoms with E-state index in [0.717, 1.165) is 18.4 Å². The van der Waals surface area contributed by atoms with E-state index in [4.69, 9.17) is 4.98 Å². The van der Waals surface area contributed by atoms with Gasteiger partial charge in [-0.15, -0.1) is 5.10 Å². The largest absolute Gasteiger partial charge is 0.343 e. The molecule has 3 heterocycles. The van der Waals surface area contributed by atoms with Crippen LogP contribution in [0.1, 0.15) is 83.7 Å². The predicted molar refractivity (Wildman–Crippen MR) is 133 cm³/mol. The minimum Gasteiger partial charge on any atom is -0.343 e. The molecule has 1 aromatic carbocycles. The number of nitrogens with zero attached hydrogens (tertiary/aromatic N) is 5. The number of fused-ring (bicyclic) bond motifs is 1. The van der Waals surface area contributed by atoms with Crippen molar-refractivity contribution in [2.45, 2.75) is 78.7 Å². The van der Waals surface area contributed by atoms with E-state index in [9.17, 15) is 9.59 Å². The molecule has 0 atom stereocenters. The van der Waals surface area contributed by atoms with E-state index in [0.29, 0.717) is 37.5 Å². The SMILES string of the molecule is CC(C)(C)CC(=O)N1CCC(c2nc3c(nnn3Cc3ccc(C(C)(C)C)cc3)c(=O)[nH]2)CC1. The molecule has 8 heteroatoms. The van der Waals surface area contributed by atoms with Crippen LogP contribution in [0, 0.1) is 5.41 Å². The Kier molecular flexibility index (Phi) is 6.36. The predicted octanol–water partition coefficient (Wildman–Crippen LogP) is 4.00. The van der Waals surface area contributed by atoms with Crippen molar-refractivity contribution in [3.8, 4) is 0 Å². The number of aromatic nitrogens is 5. The Morgan fingerprint density at radius 1 is 1.06 bits per heavy atom. The number of hydrogen-bond donors (Lipinski definition) is 1. The Hall–Kier alpha value is -3.03. The van der Waals surface area contributed by atoms with Crippen LogP contribution in [-0.2, 0) is 16.8 Å². The topological polar surface area (TPSA) is 96.8 Å². The van der Waals surface area contributed by atoms with Gasteiger partial charge in [0.05, 0.1) is 6.54 Å². The lowest BCUT2D eigenvalue weighted by atomic mass is 9.87. The zero-order valence-corrected chi connectivity index (χ0v) is 21.2. The van der Waals surface area contributed by atoms with Crippen molar-refractivity contribution in [3.63, 3.8) is 0 Å². The molecule has 0 radical (unpaired) electrons. The number of hydrogen-bond acceptors (Lipinski definition) is 5. The molecule has 182 valence electrons. The van der Waals surface area contributed by atoms with Crippen LogP contribution in [0.4, 0.5) is 0 Å². The van der Waals surface area contributed by atoms with Gasteiger partial charge in [0, 0.05) is 25.4 Å². The molecule has 0 saturated carbocycles. The zero-order valence-electron chi connectivity index (χ0n) is 21.2. The van der Waals surface area contributed by atoms with E-state index in [2.05, 4.69) is 81.1 Å². The van der Waals surface area contributed by atoms with Gasteiger partial charge in [-0.3, -0.25) is 9.59 Å². The molecule has 1 N–H and O–H groups in total. The number of aromatic amines is 1. The maximum Gasteiger partial charge on any atom is 0.281 e. The number of H-pyrrole nitrogens is 1. The quantitative estimate of drug-likeness (QED) is 0.629. The van der Waals surface area contributed by atoms with Gasteiger partial charge in [0.2, 0.25) is 5.91 Å². The lowest BCUT2D eigenvalue weighted by Crippen LogP contribution is -2.39. The smallest absolute Gasteiger partial charge is 0.281 e. The second-order valence-corrected chi connectivity index (χ2v) is 11.7. The second kappa shape index (κ2) is 8.96. The lowest BCUT2D eigenvalue weighted by molar-refractivity contribution is -0.134. The summed E-state index contributed by atoms with van der Waals surface area (Å²) < 4.78 is 1.70. The third kappa shape index (κ3) is 5.37. The molecule has 1 aliphatic rings. The summed E-state index contributed by atoms with van der Waals surface area (Å²) in [5.41, 5.74) is 2.91. The molecule has 34 heavy (non-hydrogen) atoms. The minimum absolute atomic E-state index is 0.0236. The summed E-state index contributed by atoms with van der Waals surface area (Å²) in [6, 6.07) is 8.45. The Bertz CT molecular complexity index is 1220. The molecule has 0 spiro atoms. The van der Waals surface area contributed by atoms with Gasteiger partial charge in [-0.1, -0.05) is 71.0 Å². The van der Waals surface area contributed by atoms with Gasteiger partial charge in [-0.2, -0.15) is 0 Å². The van der Waals surface area contributed by atoms with E-state index in [1.54, 1.807) is 4.68 Å². The molecule has 3 aromatic rings. The summed E-state index contributed by atoms with van der Waals surface area (Å²) in [4.78, 5) is 34.9. The highest BCUT2D eigenvalue weighted by molar-refractivity contribution is 5.77. The van der Waals surface area contributed by atoms with Crippen LogP contribution in [0.15, 0.2) is 29.1 Å². The average Bonchev–Trinajstić information content (AvgIpc) is 3.15. The summed E-state index contributed by atoms with van der Waals surface area (Å²) >= 11 is 0. The fourth-order valence-corrected chi connectivity index (χ4v) is 4.43. The molecule has 1 amide bonds. The number of piperidine rings is 1. The first-order valence-electron chi connectivity index (χ1n) is 12.1. The molecule has 4 rings (SSSR count). The van der Waals surface area contributed by atoms with Crippen LogP contribution in [0.25, 0.3) is 11.2 Å². The average molecular weight is 465 g/mol. The van der Waals surface area contributed by atoms with E-state index in [-0.39, 0.29) is 33.7 Å². The standard InChI is InChI=1S/C26H36N6O2/c1-25(2,3)15-20(33)31-13-11-18(12-14-31)22-27-23-21(24(34)28-22)29-30-32(23)16-17-7-9-19(10-8-17)26(4,5)6/h7-10,18H,11-16H2,1-6H3,(H,27,28,34). The summed E-state index contributed by atoms with van der Waals surface area (Å²) in [6.07, 6.45) is 2.10. The van der Waals surface area contributed by atoms with Gasteiger partial charge in [0.15, 0.2) is 11.2 Å². The molecule has 1 fully saturated rings. The van der Waals surface area contributed by atoms with Crippen LogP contribution in [0.3, 0.4) is 0 Å². The Labute approximate surface area is 200 Å². The van der Waals surface area contributed by atoms with Gasteiger partial charge in [-0.25, -0.2) is 9.67 Å². The van der Waals surface area contributed by atoms with Crippen LogP contribution >= 0.6 is 0 Å². The molecule has 1 aliphatic heterocycles. The summed E-state index contributed by atoms with van der Waals surface area (Å²) in [5, 5.41) is 8.29. The Morgan fingerprint density at radius 3 is 2.29 bits per heavy atom. The molecule has 0 aliphatic carbocycles. The number of rotatable bonds is 4. The van der Waals surface area contributed by atoms with Crippen LogP contribution in [-0.4, -0.2) is 48.9 Å². The molecular formula is C26H36N6O2. The van der Waals surface area contributed by atoms with Crippen molar-refractivity contribution in [2.24, 2.45) is 5.41 Å². The summed E-state index contributed by atoms with van der Waals surface area (Å²) in [5.74, 6) is 0.958. The minimum atomic E-state index is -0.263. The lowest BCUT2D eigenvalue weighted by Gasteiger charge is -2.33. The maximum absolute atomic E-state index is 12.7. The second-order valence-electron chi connectivity index (χ2n) is 11.7. The van der Waals surface area contributed by atoms with E-state index >= 15 is 0 Å². The van der Waals surface area contributed by atoms with Crippen molar-refractivity contribution in [1.29, 1.82) is 0 Å². The number of carbonyl (C=O) groups excluding carboxylic acids is 1. The monoisotopic (exact) mass is 464 g/mol. The van der Waals surface area contributed by atoms with Crippen molar-refractivity contribution < 1.29 is 4.79 Å². The fraction of sp³-hybridized carbons (Fsp3) is 0.577. The first-order chi connectivity index (χ1) is 15.9. The Balaban J connectivity index is 1.51. The number of carbonyl (C=O) groups is 1. The molecule has 8 nitrogen and oxygen atoms in total. The van der Waals surface area contributed by atoms with E-state index in [1.807, 2.05) is 4.90 Å². The molecular weight excluding hydrogens is 428 g/mol. The maximum atomic E-state index is 12.7. The highest BCUT2D eigenvalue weighted by atomic mass is 16.2. The highest BCUT2D eigenvalue weighted by Gasteiger charge is 2.28. The number of benzene rings is 1. The van der Waals surface area contributed by atoms with Crippen LogP contribution < -0.4 is 5.56 Å². The molecule has 2 aromatic heterocycles. The fourth-order valence-electron chi connectivity index (χ4n) is 4.43. The van der Waals surface area contributed by atoms with Crippen LogP contribution in [0.2, 0.25) is 0 Å². The van der Waals surface area contributed by atoms with Crippen molar-refractivity contribution in [3.05, 3.63) is 51.6 Å². The van der Waals surface area contributed by atoms with Gasteiger partial charge < -0.3 is 9.88 Å². The van der Waals surface area contributed by atoms with Crippen LogP contribution in [0.5, 0.6) is 0 Å². The molecule has 0 bridgehead atoms. The third-order valence-corrected chi connectivity index (χ3v) is 6.46. The Morgan fingerprint density at radius 2 is 1.71 bits per heavy atom. The number of likely N-dealkylation sites (tertiary alicyclic amines) is 1. The summed E-state index contributed by atoms with van der Waals surface area (Å²) in [6.45, 7) is 14.7. The van der Waals surface area contributed by atoms with Gasteiger partial charge in [0.25, 0.3) is 5.56 Å². The normalized spacial score (nSPS) is 15.8.